The first-order chi connectivity index (χ1) is 6.29. The molecule has 0 radical (unpaired) electrons. The summed E-state index contributed by atoms with van der Waals surface area (Å²) in [5.74, 6) is 2.53. The lowest BCUT2D eigenvalue weighted by Crippen LogP contribution is -2.07. The van der Waals surface area contributed by atoms with Crippen molar-refractivity contribution in [1.29, 1.82) is 0 Å². The van der Waals surface area contributed by atoms with Gasteiger partial charge in [0.2, 0.25) is 0 Å². The van der Waals surface area contributed by atoms with E-state index in [9.17, 15) is 5.11 Å². The van der Waals surface area contributed by atoms with Crippen LogP contribution < -0.4 is 5.73 Å². The Hall–Kier alpha value is -1.30. The van der Waals surface area contributed by atoms with E-state index in [4.69, 9.17) is 12.2 Å². The van der Waals surface area contributed by atoms with Gasteiger partial charge in [-0.3, -0.25) is 0 Å². The van der Waals surface area contributed by atoms with Crippen LogP contribution in [0.25, 0.3) is 0 Å². The molecule has 0 saturated heterocycles. The van der Waals surface area contributed by atoms with Crippen LogP contribution in [0.1, 0.15) is 23.7 Å². The summed E-state index contributed by atoms with van der Waals surface area (Å²) in [4.78, 5) is 0. The zero-order chi connectivity index (χ0) is 9.68. The third kappa shape index (κ3) is 2.32. The second kappa shape index (κ2) is 4.66. The van der Waals surface area contributed by atoms with Gasteiger partial charge in [0.15, 0.2) is 0 Å². The first kappa shape index (κ1) is 9.79. The Morgan fingerprint density at radius 3 is 2.77 bits per heavy atom. The van der Waals surface area contributed by atoms with Crippen LogP contribution in [0.4, 0.5) is 0 Å². The van der Waals surface area contributed by atoms with Crippen molar-refractivity contribution in [1.82, 2.24) is 0 Å². The van der Waals surface area contributed by atoms with E-state index in [1.807, 2.05) is 24.3 Å². The molecule has 1 aromatic carbocycles. The van der Waals surface area contributed by atoms with E-state index in [0.29, 0.717) is 13.0 Å². The van der Waals surface area contributed by atoms with E-state index >= 15 is 0 Å². The van der Waals surface area contributed by atoms with Crippen molar-refractivity contribution < 1.29 is 5.11 Å². The minimum Gasteiger partial charge on any atom is -0.388 e. The number of nitrogens with two attached hydrogens (primary N) is 1. The molecule has 13 heavy (non-hydrogen) atoms. The highest BCUT2D eigenvalue weighted by Gasteiger charge is 2.08. The Morgan fingerprint density at radius 1 is 1.46 bits per heavy atom. The summed E-state index contributed by atoms with van der Waals surface area (Å²) in [7, 11) is 0. The standard InChI is InChI=1S/C11H13NO/c1-2-9-5-3-4-6-10(9)11(13)7-8-12/h1,3-6,11,13H,7-8,12H2/t11-/m1/s1. The molecular weight excluding hydrogens is 162 g/mol. The van der Waals surface area contributed by atoms with Crippen LogP contribution in [0.15, 0.2) is 24.3 Å². The number of aliphatic hydroxyl groups is 1. The summed E-state index contributed by atoms with van der Waals surface area (Å²) >= 11 is 0. The van der Waals surface area contributed by atoms with E-state index < -0.39 is 6.10 Å². The molecule has 0 spiro atoms. The van der Waals surface area contributed by atoms with E-state index in [0.717, 1.165) is 11.1 Å². The number of hydrogen-bond acceptors (Lipinski definition) is 2. The lowest BCUT2D eigenvalue weighted by Gasteiger charge is -2.11. The molecule has 0 aromatic heterocycles. The fourth-order valence-electron chi connectivity index (χ4n) is 1.23. The molecule has 0 heterocycles. The van der Waals surface area contributed by atoms with Crippen LogP contribution in [-0.2, 0) is 0 Å². The summed E-state index contributed by atoms with van der Waals surface area (Å²) in [5.41, 5.74) is 6.87. The Morgan fingerprint density at radius 2 is 2.15 bits per heavy atom. The highest BCUT2D eigenvalue weighted by Crippen LogP contribution is 2.19. The SMILES string of the molecule is C#Cc1ccccc1[C@H](O)CCN. The lowest BCUT2D eigenvalue weighted by molar-refractivity contribution is 0.170. The first-order valence-corrected chi connectivity index (χ1v) is 4.23. The molecular formula is C11H13NO. The predicted octanol–water partition coefficient (Wildman–Crippen LogP) is 1.05. The van der Waals surface area contributed by atoms with Gasteiger partial charge in [0.1, 0.15) is 0 Å². The molecule has 2 heteroatoms. The topological polar surface area (TPSA) is 46.2 Å². The van der Waals surface area contributed by atoms with Crippen LogP contribution in [0.3, 0.4) is 0 Å². The van der Waals surface area contributed by atoms with Crippen molar-refractivity contribution >= 4 is 0 Å². The molecule has 1 atom stereocenters. The van der Waals surface area contributed by atoms with Gasteiger partial charge in [0, 0.05) is 5.56 Å². The summed E-state index contributed by atoms with van der Waals surface area (Å²) in [5, 5.41) is 9.66. The molecule has 0 bridgehead atoms. The number of hydrogen-bond donors (Lipinski definition) is 2. The van der Waals surface area contributed by atoms with Crippen LogP contribution in [0.5, 0.6) is 0 Å². The first-order valence-electron chi connectivity index (χ1n) is 4.23. The van der Waals surface area contributed by atoms with E-state index in [1.165, 1.54) is 0 Å². The molecule has 0 unspecified atom stereocenters. The Labute approximate surface area is 78.4 Å². The van der Waals surface area contributed by atoms with Gasteiger partial charge in [-0.1, -0.05) is 24.1 Å². The van der Waals surface area contributed by atoms with Crippen LogP contribution in [-0.4, -0.2) is 11.7 Å². The van der Waals surface area contributed by atoms with Crippen molar-refractivity contribution in [2.75, 3.05) is 6.54 Å². The van der Waals surface area contributed by atoms with Gasteiger partial charge >= 0.3 is 0 Å². The number of terminal acetylenes is 1. The number of aliphatic hydroxyl groups excluding tert-OH is 1. The zero-order valence-corrected chi connectivity index (χ0v) is 7.40. The van der Waals surface area contributed by atoms with Crippen molar-refractivity contribution in [3.05, 3.63) is 35.4 Å². The smallest absolute Gasteiger partial charge is 0.0814 e. The second-order valence-electron chi connectivity index (χ2n) is 2.82. The quantitative estimate of drug-likeness (QED) is 0.674. The fourth-order valence-corrected chi connectivity index (χ4v) is 1.23. The van der Waals surface area contributed by atoms with Crippen molar-refractivity contribution in [2.45, 2.75) is 12.5 Å². The minimum atomic E-state index is -0.544. The molecule has 1 rings (SSSR count). The molecule has 1 aromatic rings. The molecule has 0 fully saturated rings. The number of rotatable bonds is 3. The monoisotopic (exact) mass is 175 g/mol. The second-order valence-corrected chi connectivity index (χ2v) is 2.82. The van der Waals surface area contributed by atoms with Gasteiger partial charge in [-0.2, -0.15) is 0 Å². The third-order valence-electron chi connectivity index (χ3n) is 1.92. The molecule has 68 valence electrons. The van der Waals surface area contributed by atoms with Crippen LogP contribution in [0.2, 0.25) is 0 Å². The fraction of sp³-hybridized carbons (Fsp3) is 0.273. The molecule has 0 aliphatic rings. The molecule has 0 amide bonds. The molecule has 0 saturated carbocycles. The highest BCUT2D eigenvalue weighted by atomic mass is 16.3. The summed E-state index contributed by atoms with van der Waals surface area (Å²) < 4.78 is 0. The predicted molar refractivity (Wildman–Crippen MR) is 53.0 cm³/mol. The third-order valence-corrected chi connectivity index (χ3v) is 1.92. The zero-order valence-electron chi connectivity index (χ0n) is 7.40. The molecule has 0 aliphatic carbocycles. The van der Waals surface area contributed by atoms with Gasteiger partial charge in [-0.15, -0.1) is 6.42 Å². The summed E-state index contributed by atoms with van der Waals surface area (Å²) in [6.45, 7) is 0.458. The molecule has 3 N–H and O–H groups in total. The van der Waals surface area contributed by atoms with E-state index in [1.54, 1.807) is 0 Å². The Balaban J connectivity index is 2.93. The van der Waals surface area contributed by atoms with Gasteiger partial charge in [0.05, 0.1) is 6.10 Å². The lowest BCUT2D eigenvalue weighted by atomic mass is 10.0. The Bertz CT molecular complexity index is 314. The van der Waals surface area contributed by atoms with Gasteiger partial charge in [-0.05, 0) is 24.6 Å². The van der Waals surface area contributed by atoms with E-state index in [2.05, 4.69) is 5.92 Å². The van der Waals surface area contributed by atoms with Crippen LogP contribution in [0, 0.1) is 12.3 Å². The molecule has 2 nitrogen and oxygen atoms in total. The van der Waals surface area contributed by atoms with Gasteiger partial charge in [0.25, 0.3) is 0 Å². The van der Waals surface area contributed by atoms with Gasteiger partial charge < -0.3 is 10.8 Å². The highest BCUT2D eigenvalue weighted by molar-refractivity contribution is 5.40. The summed E-state index contributed by atoms with van der Waals surface area (Å²) in [6, 6.07) is 7.36. The molecule has 0 aliphatic heterocycles. The van der Waals surface area contributed by atoms with Crippen molar-refractivity contribution in [3.63, 3.8) is 0 Å². The van der Waals surface area contributed by atoms with E-state index in [-0.39, 0.29) is 0 Å². The van der Waals surface area contributed by atoms with Gasteiger partial charge in [-0.25, -0.2) is 0 Å². The van der Waals surface area contributed by atoms with Crippen LogP contribution >= 0.6 is 0 Å². The summed E-state index contributed by atoms with van der Waals surface area (Å²) in [6.07, 6.45) is 5.29. The maximum atomic E-state index is 9.66. The maximum absolute atomic E-state index is 9.66. The average molecular weight is 175 g/mol. The normalized spacial score (nSPS) is 12.1. The van der Waals surface area contributed by atoms with Crippen molar-refractivity contribution in [3.8, 4) is 12.3 Å². The Kier molecular flexibility index (Phi) is 3.51. The maximum Gasteiger partial charge on any atom is 0.0814 e. The van der Waals surface area contributed by atoms with Crippen molar-refractivity contribution in [2.24, 2.45) is 5.73 Å². The largest absolute Gasteiger partial charge is 0.388 e. The number of benzene rings is 1. The minimum absolute atomic E-state index is 0.458. The average Bonchev–Trinajstić information content (AvgIpc) is 2.18.